The van der Waals surface area contributed by atoms with Gasteiger partial charge in [0.1, 0.15) is 0 Å². The largest absolute Gasteiger partial charge is 0.285 e. The van der Waals surface area contributed by atoms with E-state index in [1.165, 1.54) is 13.8 Å². The monoisotopic (exact) mass is 594 g/mol. The summed E-state index contributed by atoms with van der Waals surface area (Å²) < 4.78 is 94.1. The number of hydrogen-bond acceptors (Lipinski definition) is 10. The molecule has 2 rings (SSSR count). The van der Waals surface area contributed by atoms with Gasteiger partial charge in [-0.3, -0.25) is 16.7 Å². The van der Waals surface area contributed by atoms with Gasteiger partial charge < -0.3 is 0 Å². The fourth-order valence-electron chi connectivity index (χ4n) is 4.23. The lowest BCUT2D eigenvalue weighted by molar-refractivity contribution is 0.161. The average molecular weight is 595 g/mol. The Labute approximate surface area is 222 Å². The zero-order chi connectivity index (χ0) is 26.6. The molecule has 0 aromatic heterocycles. The van der Waals surface area contributed by atoms with E-state index in [0.717, 1.165) is 64.2 Å². The van der Waals surface area contributed by atoms with Crippen LogP contribution in [0.15, 0.2) is 0 Å². The normalized spacial score (nSPS) is 22.2. The van der Waals surface area contributed by atoms with E-state index in [1.54, 1.807) is 0 Å². The Balaban J connectivity index is 1.59. The molecule has 10 nitrogen and oxygen atoms in total. The highest BCUT2D eigenvalue weighted by Gasteiger charge is 2.26. The molecule has 0 spiro atoms. The summed E-state index contributed by atoms with van der Waals surface area (Å²) in [5.74, 6) is -0.508. The van der Waals surface area contributed by atoms with Crippen molar-refractivity contribution in [2.24, 2.45) is 0 Å². The van der Waals surface area contributed by atoms with Crippen molar-refractivity contribution in [2.45, 2.75) is 127 Å². The molecule has 0 amide bonds. The smallest absolute Gasteiger partial charge is 0.268 e. The Kier molecular flexibility index (Phi) is 14.5. The van der Waals surface area contributed by atoms with Gasteiger partial charge in [0.15, 0.2) is 33.0 Å². The second-order valence-corrected chi connectivity index (χ2v) is 15.7. The predicted octanol–water partition coefficient (Wildman–Crippen LogP) is 3.96. The van der Waals surface area contributed by atoms with E-state index in [-0.39, 0.29) is 36.6 Å². The van der Waals surface area contributed by atoms with E-state index in [2.05, 4.69) is 0 Å². The summed E-state index contributed by atoms with van der Waals surface area (Å²) in [5.41, 5.74) is -2.18. The van der Waals surface area contributed by atoms with Crippen molar-refractivity contribution in [1.82, 2.24) is 0 Å². The van der Waals surface area contributed by atoms with Crippen LogP contribution in [-0.2, 0) is 59.1 Å². The molecule has 2 fully saturated rings. The van der Waals surface area contributed by atoms with Gasteiger partial charge in [-0.1, -0.05) is 51.4 Å². The van der Waals surface area contributed by atoms with Crippen LogP contribution in [0.4, 0.5) is 0 Å². The van der Waals surface area contributed by atoms with Crippen molar-refractivity contribution >= 4 is 42.4 Å². The molecular weight excluding hydrogens is 553 g/mol. The van der Waals surface area contributed by atoms with Crippen LogP contribution >= 0.6 is 0 Å². The Bertz CT molecular complexity index is 820. The second kappa shape index (κ2) is 16.2. The van der Waals surface area contributed by atoms with E-state index >= 15 is 0 Å². The van der Waals surface area contributed by atoms with Crippen LogP contribution in [0.2, 0.25) is 0 Å². The predicted molar refractivity (Wildman–Crippen MR) is 139 cm³/mol. The third-order valence-electron chi connectivity index (χ3n) is 6.21. The molecule has 0 heterocycles. The fraction of sp³-hybridized carbons (Fsp3) is 1.00. The molecule has 0 bridgehead atoms. The minimum Gasteiger partial charge on any atom is -0.285 e. The van der Waals surface area contributed by atoms with Crippen LogP contribution in [0.5, 0.6) is 0 Å². The first kappa shape index (κ1) is 32.3. The molecule has 4 unspecified atom stereocenters. The first-order valence-corrected chi connectivity index (χ1v) is 18.4. The first-order valence-electron chi connectivity index (χ1n) is 12.9. The highest BCUT2D eigenvalue weighted by molar-refractivity contribution is 7.88. The van der Waals surface area contributed by atoms with Gasteiger partial charge >= 0.3 is 0 Å². The minimum atomic E-state index is -3.88. The van der Waals surface area contributed by atoms with Crippen LogP contribution in [0, 0.1) is 0 Å². The Morgan fingerprint density at radius 1 is 0.611 bits per heavy atom. The zero-order valence-electron chi connectivity index (χ0n) is 21.3. The molecule has 0 aromatic rings. The maximum atomic E-state index is 12.2. The molecule has 0 aromatic carbocycles. The van der Waals surface area contributed by atoms with Crippen molar-refractivity contribution in [2.75, 3.05) is 11.5 Å². The van der Waals surface area contributed by atoms with Crippen LogP contribution in [0.1, 0.15) is 104 Å². The Morgan fingerprint density at radius 2 is 0.944 bits per heavy atom. The lowest BCUT2D eigenvalue weighted by atomic mass is 9.98. The van der Waals surface area contributed by atoms with Crippen molar-refractivity contribution in [1.29, 1.82) is 0 Å². The summed E-state index contributed by atoms with van der Waals surface area (Å²) >= 11 is -3.71. The molecule has 14 heteroatoms. The van der Waals surface area contributed by atoms with Crippen LogP contribution in [-0.4, -0.2) is 59.8 Å². The van der Waals surface area contributed by atoms with Gasteiger partial charge in [-0.05, 0) is 52.4 Å². The first-order chi connectivity index (χ1) is 17.0. The van der Waals surface area contributed by atoms with Crippen LogP contribution in [0.25, 0.3) is 0 Å². The third kappa shape index (κ3) is 13.2. The van der Waals surface area contributed by atoms with Gasteiger partial charge in [-0.25, -0.2) is 8.42 Å². The van der Waals surface area contributed by atoms with Gasteiger partial charge in [0.2, 0.25) is 0 Å². The van der Waals surface area contributed by atoms with Gasteiger partial charge in [-0.2, -0.15) is 16.8 Å². The molecule has 0 saturated heterocycles. The topological polar surface area (TPSA) is 139 Å². The molecule has 2 aliphatic carbocycles. The molecule has 214 valence electrons. The molecule has 0 N–H and O–H groups in total. The lowest BCUT2D eigenvalue weighted by Gasteiger charge is -2.22. The van der Waals surface area contributed by atoms with Crippen molar-refractivity contribution in [3.05, 3.63) is 0 Å². The van der Waals surface area contributed by atoms with E-state index in [9.17, 15) is 25.3 Å². The highest BCUT2D eigenvalue weighted by atomic mass is 32.2. The molecule has 2 aliphatic rings. The number of hydrogen-bond donors (Lipinski definition) is 0. The van der Waals surface area contributed by atoms with Crippen LogP contribution < -0.4 is 0 Å². The SMILES string of the molecule is CC(OS(=O)(=O)CCCCCCS(=O)(=O)OC(C)S(=O)OC1CCCCC1)S(=O)OC1CCCCC1. The van der Waals surface area contributed by atoms with E-state index in [4.69, 9.17) is 16.7 Å². The molecule has 36 heavy (non-hydrogen) atoms. The highest BCUT2D eigenvalue weighted by Crippen LogP contribution is 2.23. The van der Waals surface area contributed by atoms with Crippen molar-refractivity contribution in [3.63, 3.8) is 0 Å². The van der Waals surface area contributed by atoms with Gasteiger partial charge in [-0.15, -0.1) is 0 Å². The summed E-state index contributed by atoms with van der Waals surface area (Å²) in [7, 11) is -7.77. The standard InChI is InChI=1S/C22H42O10S4/c1-19(33(23)29-21-13-7-5-8-14-21)31-35(25,26)17-11-3-4-12-18-36(27,28)32-20(2)34(24)30-22-15-9-6-10-16-22/h19-22H,3-18H2,1-2H3. The van der Waals surface area contributed by atoms with Gasteiger partial charge in [0.25, 0.3) is 20.2 Å². The maximum absolute atomic E-state index is 12.2. The molecular formula is C22H42O10S4. The Morgan fingerprint density at radius 3 is 1.28 bits per heavy atom. The molecule has 0 aliphatic heterocycles. The second-order valence-electron chi connectivity index (χ2n) is 9.50. The molecule has 4 atom stereocenters. The Hall–Kier alpha value is 0.0400. The number of unbranched alkanes of at least 4 members (excludes halogenated alkanes) is 3. The maximum Gasteiger partial charge on any atom is 0.268 e. The molecule has 0 radical (unpaired) electrons. The summed E-state index contributed by atoms with van der Waals surface area (Å²) in [6.07, 6.45) is 10.8. The minimum absolute atomic E-state index is 0.124. The third-order valence-corrected chi connectivity index (χ3v) is 11.4. The quantitative estimate of drug-likeness (QED) is 0.180. The summed E-state index contributed by atoms with van der Waals surface area (Å²) in [5, 5.41) is 0. The van der Waals surface area contributed by atoms with Crippen LogP contribution in [0.3, 0.4) is 0 Å². The van der Waals surface area contributed by atoms with E-state index < -0.39 is 53.3 Å². The lowest BCUT2D eigenvalue weighted by Crippen LogP contribution is -2.27. The fourth-order valence-corrected chi connectivity index (χ4v) is 8.83. The summed E-state index contributed by atoms with van der Waals surface area (Å²) in [6.45, 7) is 2.82. The van der Waals surface area contributed by atoms with E-state index in [1.807, 2.05) is 0 Å². The van der Waals surface area contributed by atoms with Crippen molar-refractivity contribution in [3.8, 4) is 0 Å². The van der Waals surface area contributed by atoms with Gasteiger partial charge in [0, 0.05) is 0 Å². The van der Waals surface area contributed by atoms with Gasteiger partial charge in [0.05, 0.1) is 23.7 Å². The van der Waals surface area contributed by atoms with Crippen molar-refractivity contribution < 1.29 is 42.0 Å². The summed E-state index contributed by atoms with van der Waals surface area (Å²) in [4.78, 5) is 0. The molecule has 2 saturated carbocycles. The zero-order valence-corrected chi connectivity index (χ0v) is 24.6. The average Bonchev–Trinajstić information content (AvgIpc) is 2.82. The van der Waals surface area contributed by atoms with E-state index in [0.29, 0.717) is 12.8 Å². The number of rotatable bonds is 17. The summed E-state index contributed by atoms with van der Waals surface area (Å²) in [6, 6.07) is 0.